The van der Waals surface area contributed by atoms with Gasteiger partial charge in [0.25, 0.3) is 0 Å². The van der Waals surface area contributed by atoms with Crippen LogP contribution in [0.1, 0.15) is 27.2 Å². The molecule has 0 amide bonds. The second-order valence-electron chi connectivity index (χ2n) is 2.55. The van der Waals surface area contributed by atoms with Crippen molar-refractivity contribution in [2.75, 3.05) is 0 Å². The topological polar surface area (TPSA) is 0 Å². The van der Waals surface area contributed by atoms with Gasteiger partial charge >= 0.3 is 0 Å². The van der Waals surface area contributed by atoms with E-state index in [1.54, 1.807) is 12.2 Å². The molecule has 0 radical (unpaired) electrons. The maximum absolute atomic E-state index is 5.89. The summed E-state index contributed by atoms with van der Waals surface area (Å²) in [5.74, 6) is 0. The lowest BCUT2D eigenvalue weighted by atomic mass is 10.2. The van der Waals surface area contributed by atoms with Gasteiger partial charge in [0.1, 0.15) is 0 Å². The van der Waals surface area contributed by atoms with Gasteiger partial charge in [-0.2, -0.15) is 0 Å². The van der Waals surface area contributed by atoms with Crippen molar-refractivity contribution in [3.05, 3.63) is 33.9 Å². The lowest BCUT2D eigenvalue weighted by molar-refractivity contribution is 1.10. The molecule has 0 bridgehead atoms. The van der Waals surface area contributed by atoms with E-state index in [4.69, 9.17) is 23.2 Å². The SMILES string of the molecule is C\C=C(Cl)/C=C(Cl)\C=C(/C)CC. The third kappa shape index (κ3) is 5.45. The Kier molecular flexibility index (Phi) is 6.23. The van der Waals surface area contributed by atoms with Crippen LogP contribution < -0.4 is 0 Å². The Labute approximate surface area is 84.6 Å². The number of hydrogen-bond donors (Lipinski definition) is 0. The lowest BCUT2D eigenvalue weighted by Gasteiger charge is -1.94. The molecule has 68 valence electrons. The van der Waals surface area contributed by atoms with Gasteiger partial charge in [0.2, 0.25) is 0 Å². The quantitative estimate of drug-likeness (QED) is 0.590. The monoisotopic (exact) mass is 204 g/mol. The summed E-state index contributed by atoms with van der Waals surface area (Å²) in [5, 5.41) is 1.35. The van der Waals surface area contributed by atoms with E-state index in [1.165, 1.54) is 5.57 Å². The van der Waals surface area contributed by atoms with Crippen molar-refractivity contribution in [2.45, 2.75) is 27.2 Å². The Hall–Kier alpha value is -0.200. The molecule has 0 aromatic heterocycles. The van der Waals surface area contributed by atoms with Crippen LogP contribution in [0.5, 0.6) is 0 Å². The van der Waals surface area contributed by atoms with Crippen molar-refractivity contribution in [2.24, 2.45) is 0 Å². The van der Waals surface area contributed by atoms with E-state index in [0.717, 1.165) is 6.42 Å². The average molecular weight is 205 g/mol. The molecule has 12 heavy (non-hydrogen) atoms. The van der Waals surface area contributed by atoms with Crippen molar-refractivity contribution in [1.29, 1.82) is 0 Å². The van der Waals surface area contributed by atoms with E-state index >= 15 is 0 Å². The Balaban J connectivity index is 4.40. The molecule has 0 saturated carbocycles. The van der Waals surface area contributed by atoms with Gasteiger partial charge in [-0.15, -0.1) is 0 Å². The highest BCUT2D eigenvalue weighted by Gasteiger charge is 1.90. The molecule has 0 aromatic carbocycles. The Bertz CT molecular complexity index is 222. The molecule has 0 atom stereocenters. The number of allylic oxidation sites excluding steroid dienone is 6. The molecule has 0 rings (SSSR count). The van der Waals surface area contributed by atoms with Crippen molar-refractivity contribution in [3.63, 3.8) is 0 Å². The van der Waals surface area contributed by atoms with Crippen molar-refractivity contribution >= 4 is 23.2 Å². The predicted molar refractivity (Wildman–Crippen MR) is 57.6 cm³/mol. The molecule has 0 aliphatic heterocycles. The third-order valence-electron chi connectivity index (χ3n) is 1.49. The summed E-state index contributed by atoms with van der Waals surface area (Å²) in [6.45, 7) is 6.01. The van der Waals surface area contributed by atoms with Crippen LogP contribution in [0.3, 0.4) is 0 Å². The van der Waals surface area contributed by atoms with Crippen molar-refractivity contribution in [1.82, 2.24) is 0 Å². The third-order valence-corrected chi connectivity index (χ3v) is 2.04. The van der Waals surface area contributed by atoms with E-state index in [-0.39, 0.29) is 0 Å². The summed E-state index contributed by atoms with van der Waals surface area (Å²) >= 11 is 11.6. The first-order valence-electron chi connectivity index (χ1n) is 3.96. The highest BCUT2D eigenvalue weighted by atomic mass is 35.5. The molecule has 0 aliphatic rings. The normalized spacial score (nSPS) is 15.2. The van der Waals surface area contributed by atoms with E-state index in [2.05, 4.69) is 6.92 Å². The standard InChI is InChI=1S/C10H14Cl2/c1-4-8(3)6-10(12)7-9(11)5-2/h5-7H,4H2,1-3H3/b8-6+,9-5+,10-7+. The fourth-order valence-corrected chi connectivity index (χ4v) is 1.07. The minimum absolute atomic E-state index is 0.667. The molecular weight excluding hydrogens is 191 g/mol. The second-order valence-corrected chi connectivity index (χ2v) is 3.42. The van der Waals surface area contributed by atoms with Gasteiger partial charge in [0.15, 0.2) is 0 Å². The molecule has 0 unspecified atom stereocenters. The van der Waals surface area contributed by atoms with Gasteiger partial charge in [-0.3, -0.25) is 0 Å². The number of halogens is 2. The predicted octanol–water partition coefficient (Wildman–Crippen LogP) is 4.61. The smallest absolute Gasteiger partial charge is 0.0420 e. The molecule has 2 heteroatoms. The molecule has 0 fully saturated rings. The first-order chi connectivity index (χ1) is 5.60. The zero-order valence-electron chi connectivity index (χ0n) is 7.70. The fourth-order valence-electron chi connectivity index (χ4n) is 0.594. The Morgan fingerprint density at radius 1 is 1.17 bits per heavy atom. The van der Waals surface area contributed by atoms with E-state index in [9.17, 15) is 0 Å². The van der Waals surface area contributed by atoms with Crippen LogP contribution in [-0.2, 0) is 0 Å². The second kappa shape index (κ2) is 6.33. The molecule has 0 aromatic rings. The van der Waals surface area contributed by atoms with Crippen LogP contribution in [0.2, 0.25) is 0 Å². The highest BCUT2D eigenvalue weighted by Crippen LogP contribution is 2.14. The van der Waals surface area contributed by atoms with Crippen LogP contribution in [0.15, 0.2) is 33.9 Å². The van der Waals surface area contributed by atoms with Crippen LogP contribution >= 0.6 is 23.2 Å². The van der Waals surface area contributed by atoms with Gasteiger partial charge < -0.3 is 0 Å². The van der Waals surface area contributed by atoms with E-state index < -0.39 is 0 Å². The molecule has 0 spiro atoms. The molecular formula is C10H14Cl2. The summed E-state index contributed by atoms with van der Waals surface area (Å²) < 4.78 is 0. The lowest BCUT2D eigenvalue weighted by Crippen LogP contribution is -1.73. The molecule has 0 saturated heterocycles. The van der Waals surface area contributed by atoms with Crippen LogP contribution in [0, 0.1) is 0 Å². The largest absolute Gasteiger partial charge is 0.0846 e. The van der Waals surface area contributed by atoms with E-state index in [0.29, 0.717) is 10.1 Å². The van der Waals surface area contributed by atoms with Crippen LogP contribution in [0.4, 0.5) is 0 Å². The summed E-state index contributed by atoms with van der Waals surface area (Å²) in [5.41, 5.74) is 1.25. The zero-order valence-corrected chi connectivity index (χ0v) is 9.21. The summed E-state index contributed by atoms with van der Waals surface area (Å²) in [4.78, 5) is 0. The number of rotatable bonds is 3. The molecule has 0 heterocycles. The van der Waals surface area contributed by atoms with Gasteiger partial charge in [-0.25, -0.2) is 0 Å². The van der Waals surface area contributed by atoms with Crippen LogP contribution in [0.25, 0.3) is 0 Å². The Morgan fingerprint density at radius 2 is 1.75 bits per heavy atom. The van der Waals surface area contributed by atoms with Crippen LogP contribution in [-0.4, -0.2) is 0 Å². The first kappa shape index (κ1) is 11.8. The minimum atomic E-state index is 0.667. The maximum Gasteiger partial charge on any atom is 0.0420 e. The fraction of sp³-hybridized carbons (Fsp3) is 0.400. The summed E-state index contributed by atoms with van der Waals surface area (Å²) in [6, 6.07) is 0. The summed E-state index contributed by atoms with van der Waals surface area (Å²) in [6.07, 6.45) is 6.48. The Morgan fingerprint density at radius 3 is 2.17 bits per heavy atom. The van der Waals surface area contributed by atoms with Gasteiger partial charge in [0.05, 0.1) is 0 Å². The summed E-state index contributed by atoms with van der Waals surface area (Å²) in [7, 11) is 0. The van der Waals surface area contributed by atoms with Crippen molar-refractivity contribution in [3.8, 4) is 0 Å². The van der Waals surface area contributed by atoms with Gasteiger partial charge in [0, 0.05) is 10.1 Å². The van der Waals surface area contributed by atoms with Gasteiger partial charge in [-0.1, -0.05) is 41.8 Å². The average Bonchev–Trinajstić information content (AvgIpc) is 2.03. The zero-order chi connectivity index (χ0) is 9.56. The maximum atomic E-state index is 5.89. The molecule has 0 nitrogen and oxygen atoms in total. The van der Waals surface area contributed by atoms with Crippen molar-refractivity contribution < 1.29 is 0 Å². The van der Waals surface area contributed by atoms with E-state index in [1.807, 2.05) is 19.9 Å². The first-order valence-corrected chi connectivity index (χ1v) is 4.72. The molecule has 0 aliphatic carbocycles. The molecule has 0 N–H and O–H groups in total. The van der Waals surface area contributed by atoms with Gasteiger partial charge in [-0.05, 0) is 32.4 Å². The highest BCUT2D eigenvalue weighted by molar-refractivity contribution is 6.35. The minimum Gasteiger partial charge on any atom is -0.0846 e. The number of hydrogen-bond acceptors (Lipinski definition) is 0.